The summed E-state index contributed by atoms with van der Waals surface area (Å²) < 4.78 is 0. The molecular formula is C22H34N4O. The lowest BCUT2D eigenvalue weighted by Gasteiger charge is -2.39. The van der Waals surface area contributed by atoms with Crippen molar-refractivity contribution in [3.63, 3.8) is 0 Å². The highest BCUT2D eigenvalue weighted by atomic mass is 16.2. The first-order valence-electron chi connectivity index (χ1n) is 10.8. The largest absolute Gasteiger partial charge is 0.342 e. The van der Waals surface area contributed by atoms with Crippen LogP contribution in [-0.2, 0) is 11.2 Å². The van der Waals surface area contributed by atoms with Crippen LogP contribution in [0.25, 0.3) is 0 Å². The highest BCUT2D eigenvalue weighted by Crippen LogP contribution is 2.40. The van der Waals surface area contributed by atoms with Gasteiger partial charge in [-0.05, 0) is 63.1 Å². The molecule has 1 atom stereocenters. The maximum Gasteiger partial charge on any atom is 0.230 e. The van der Waals surface area contributed by atoms with Crippen molar-refractivity contribution in [1.82, 2.24) is 20.7 Å². The summed E-state index contributed by atoms with van der Waals surface area (Å²) in [7, 11) is 0. The molecule has 1 aromatic rings. The number of hydrazine groups is 1. The summed E-state index contributed by atoms with van der Waals surface area (Å²) in [5, 5.41) is 0. The van der Waals surface area contributed by atoms with Gasteiger partial charge in [0.2, 0.25) is 5.91 Å². The van der Waals surface area contributed by atoms with E-state index in [4.69, 9.17) is 0 Å². The smallest absolute Gasteiger partial charge is 0.230 e. The Morgan fingerprint density at radius 1 is 1.04 bits per heavy atom. The zero-order chi connectivity index (χ0) is 18.5. The van der Waals surface area contributed by atoms with E-state index < -0.39 is 0 Å². The minimum Gasteiger partial charge on any atom is -0.342 e. The Morgan fingerprint density at radius 3 is 2.67 bits per heavy atom. The summed E-state index contributed by atoms with van der Waals surface area (Å²) in [5.74, 6) is 1.17. The SMILES string of the molecule is O=C1N(CCCc2ccccc2)CCCC12CCN(CCC1CNNC1)C2. The molecule has 27 heavy (non-hydrogen) atoms. The molecule has 2 N–H and O–H groups in total. The van der Waals surface area contributed by atoms with Crippen LogP contribution in [0.1, 0.15) is 37.7 Å². The van der Waals surface area contributed by atoms with Crippen molar-refractivity contribution in [3.05, 3.63) is 35.9 Å². The van der Waals surface area contributed by atoms with Crippen LogP contribution in [0.4, 0.5) is 0 Å². The van der Waals surface area contributed by atoms with Gasteiger partial charge in [-0.3, -0.25) is 15.6 Å². The van der Waals surface area contributed by atoms with E-state index >= 15 is 0 Å². The molecule has 3 fully saturated rings. The number of likely N-dealkylation sites (tertiary alicyclic amines) is 2. The third kappa shape index (κ3) is 4.53. The van der Waals surface area contributed by atoms with E-state index in [9.17, 15) is 4.79 Å². The number of rotatable bonds is 7. The maximum atomic E-state index is 13.3. The Kier molecular flexibility index (Phi) is 6.11. The fraction of sp³-hybridized carbons (Fsp3) is 0.682. The number of aryl methyl sites for hydroxylation is 1. The summed E-state index contributed by atoms with van der Waals surface area (Å²) in [6.07, 6.45) is 6.67. The molecule has 1 spiro atoms. The molecule has 3 aliphatic rings. The molecule has 4 rings (SSSR count). The standard InChI is InChI=1S/C22H34N4O/c27-21-22(11-15-25(18-22)14-9-20-16-23-24-17-20)10-5-13-26(21)12-4-8-19-6-2-1-3-7-19/h1-3,6-7,20,23-24H,4-5,8-18H2. The fourth-order valence-electron chi connectivity index (χ4n) is 5.09. The number of piperidine rings is 1. The van der Waals surface area contributed by atoms with Crippen molar-refractivity contribution >= 4 is 5.91 Å². The summed E-state index contributed by atoms with van der Waals surface area (Å²) >= 11 is 0. The predicted octanol–water partition coefficient (Wildman–Crippen LogP) is 2.05. The predicted molar refractivity (Wildman–Crippen MR) is 108 cm³/mol. The first kappa shape index (κ1) is 18.9. The lowest BCUT2D eigenvalue weighted by molar-refractivity contribution is -0.145. The van der Waals surface area contributed by atoms with Gasteiger partial charge >= 0.3 is 0 Å². The number of carbonyl (C=O) groups is 1. The summed E-state index contributed by atoms with van der Waals surface area (Å²) in [4.78, 5) is 18.0. The Labute approximate surface area is 163 Å². The molecule has 0 saturated carbocycles. The third-order valence-corrected chi connectivity index (χ3v) is 6.75. The molecule has 1 aromatic carbocycles. The van der Waals surface area contributed by atoms with Crippen LogP contribution in [-0.4, -0.2) is 61.5 Å². The molecule has 1 amide bonds. The molecule has 3 aliphatic heterocycles. The van der Waals surface area contributed by atoms with Crippen LogP contribution < -0.4 is 10.9 Å². The Morgan fingerprint density at radius 2 is 1.85 bits per heavy atom. The second-order valence-corrected chi connectivity index (χ2v) is 8.71. The lowest BCUT2D eigenvalue weighted by atomic mass is 9.78. The van der Waals surface area contributed by atoms with Gasteiger partial charge in [0.1, 0.15) is 0 Å². The first-order valence-corrected chi connectivity index (χ1v) is 10.8. The van der Waals surface area contributed by atoms with Gasteiger partial charge in [0.25, 0.3) is 0 Å². The monoisotopic (exact) mass is 370 g/mol. The van der Waals surface area contributed by atoms with Crippen LogP contribution in [0.15, 0.2) is 30.3 Å². The minimum absolute atomic E-state index is 0.0861. The van der Waals surface area contributed by atoms with Crippen molar-refractivity contribution in [2.45, 2.75) is 38.5 Å². The molecule has 5 heteroatoms. The molecule has 0 bridgehead atoms. The second kappa shape index (κ2) is 8.72. The van der Waals surface area contributed by atoms with E-state index in [2.05, 4.69) is 51.0 Å². The van der Waals surface area contributed by atoms with E-state index in [0.717, 1.165) is 77.4 Å². The Bertz CT molecular complexity index is 616. The van der Waals surface area contributed by atoms with E-state index in [0.29, 0.717) is 5.91 Å². The fourth-order valence-corrected chi connectivity index (χ4v) is 5.09. The van der Waals surface area contributed by atoms with Crippen molar-refractivity contribution in [1.29, 1.82) is 0 Å². The Hall–Kier alpha value is -1.43. The number of carbonyl (C=O) groups excluding carboxylic acids is 1. The molecule has 3 saturated heterocycles. The number of benzene rings is 1. The first-order chi connectivity index (χ1) is 13.3. The Balaban J connectivity index is 1.26. The van der Waals surface area contributed by atoms with Crippen molar-refractivity contribution in [2.75, 3.05) is 45.8 Å². The summed E-state index contributed by atoms with van der Waals surface area (Å²) in [5.41, 5.74) is 7.73. The van der Waals surface area contributed by atoms with Gasteiger partial charge in [-0.25, -0.2) is 0 Å². The van der Waals surface area contributed by atoms with Crippen LogP contribution in [0.2, 0.25) is 0 Å². The summed E-state index contributed by atoms with van der Waals surface area (Å²) in [6.45, 7) is 7.23. The number of nitrogens with zero attached hydrogens (tertiary/aromatic N) is 2. The lowest BCUT2D eigenvalue weighted by Crippen LogP contribution is -2.50. The molecule has 0 aromatic heterocycles. The number of hydrogen-bond acceptors (Lipinski definition) is 4. The van der Waals surface area contributed by atoms with Gasteiger partial charge in [-0.1, -0.05) is 30.3 Å². The molecular weight excluding hydrogens is 336 g/mol. The zero-order valence-electron chi connectivity index (χ0n) is 16.5. The van der Waals surface area contributed by atoms with Crippen LogP contribution >= 0.6 is 0 Å². The average molecular weight is 371 g/mol. The van der Waals surface area contributed by atoms with E-state index in [-0.39, 0.29) is 5.41 Å². The van der Waals surface area contributed by atoms with Gasteiger partial charge in [-0.15, -0.1) is 0 Å². The van der Waals surface area contributed by atoms with Gasteiger partial charge in [0.15, 0.2) is 0 Å². The normalized spacial score (nSPS) is 27.1. The number of nitrogens with one attached hydrogen (secondary N) is 2. The minimum atomic E-state index is -0.0861. The molecule has 0 aliphatic carbocycles. The van der Waals surface area contributed by atoms with Gasteiger partial charge in [0, 0.05) is 32.7 Å². The van der Waals surface area contributed by atoms with E-state index in [1.807, 2.05) is 0 Å². The van der Waals surface area contributed by atoms with Crippen molar-refractivity contribution < 1.29 is 4.79 Å². The average Bonchev–Trinajstić information content (AvgIpc) is 3.35. The highest BCUT2D eigenvalue weighted by molar-refractivity contribution is 5.84. The van der Waals surface area contributed by atoms with E-state index in [1.165, 1.54) is 18.4 Å². The highest BCUT2D eigenvalue weighted by Gasteiger charge is 2.47. The van der Waals surface area contributed by atoms with Crippen molar-refractivity contribution in [3.8, 4) is 0 Å². The number of amides is 1. The quantitative estimate of drug-likeness (QED) is 0.771. The molecule has 5 nitrogen and oxygen atoms in total. The molecule has 0 radical (unpaired) electrons. The molecule has 3 heterocycles. The summed E-state index contributed by atoms with van der Waals surface area (Å²) in [6, 6.07) is 10.6. The topological polar surface area (TPSA) is 47.6 Å². The van der Waals surface area contributed by atoms with Gasteiger partial charge < -0.3 is 9.80 Å². The van der Waals surface area contributed by atoms with Crippen LogP contribution in [0, 0.1) is 11.3 Å². The van der Waals surface area contributed by atoms with Crippen LogP contribution in [0.3, 0.4) is 0 Å². The number of hydrogen-bond donors (Lipinski definition) is 2. The van der Waals surface area contributed by atoms with Crippen LogP contribution in [0.5, 0.6) is 0 Å². The molecule has 1 unspecified atom stereocenters. The van der Waals surface area contributed by atoms with Crippen molar-refractivity contribution in [2.24, 2.45) is 11.3 Å². The maximum absolute atomic E-state index is 13.3. The second-order valence-electron chi connectivity index (χ2n) is 8.71. The zero-order valence-corrected chi connectivity index (χ0v) is 16.5. The third-order valence-electron chi connectivity index (χ3n) is 6.75. The molecule has 148 valence electrons. The van der Waals surface area contributed by atoms with E-state index in [1.54, 1.807) is 0 Å². The van der Waals surface area contributed by atoms with Gasteiger partial charge in [0.05, 0.1) is 5.41 Å². The van der Waals surface area contributed by atoms with Gasteiger partial charge in [-0.2, -0.15) is 0 Å².